The molecule has 0 aliphatic heterocycles. The molecule has 0 aliphatic carbocycles. The van der Waals surface area contributed by atoms with E-state index in [4.69, 9.17) is 9.47 Å². The Morgan fingerprint density at radius 1 is 0.682 bits per heavy atom. The average molecular weight is 316 g/mol. The SMILES string of the molecule is CCCCCCCCCC(CCCN(CC)CC)(OC)OC. The molecule has 22 heavy (non-hydrogen) atoms. The van der Waals surface area contributed by atoms with Crippen molar-refractivity contribution >= 4 is 0 Å². The molecule has 0 saturated heterocycles. The van der Waals surface area contributed by atoms with Crippen LogP contribution in [0.15, 0.2) is 0 Å². The standard InChI is InChI=1S/C19H41NO2/c1-6-9-10-11-12-13-14-16-19(21-4,22-5)17-15-18-20(7-2)8-3/h6-18H2,1-5H3. The zero-order chi connectivity index (χ0) is 16.7. The lowest BCUT2D eigenvalue weighted by Crippen LogP contribution is -2.35. The number of nitrogens with zero attached hydrogens (tertiary/aromatic N) is 1. The molecule has 0 saturated carbocycles. The van der Waals surface area contributed by atoms with E-state index >= 15 is 0 Å². The van der Waals surface area contributed by atoms with Crippen LogP contribution in [0, 0.1) is 0 Å². The van der Waals surface area contributed by atoms with Crippen molar-refractivity contribution in [1.82, 2.24) is 4.90 Å². The first kappa shape index (κ1) is 21.9. The van der Waals surface area contributed by atoms with Crippen LogP contribution in [0.4, 0.5) is 0 Å². The third kappa shape index (κ3) is 9.81. The molecule has 0 rings (SSSR count). The zero-order valence-corrected chi connectivity index (χ0v) is 16.0. The van der Waals surface area contributed by atoms with E-state index in [0.29, 0.717) is 0 Å². The molecular formula is C19H41NO2. The molecule has 0 atom stereocenters. The Kier molecular flexibility index (Phi) is 14.4. The van der Waals surface area contributed by atoms with Crippen LogP contribution in [-0.2, 0) is 9.47 Å². The smallest absolute Gasteiger partial charge is 0.167 e. The van der Waals surface area contributed by atoms with Crippen LogP contribution in [0.1, 0.15) is 85.0 Å². The minimum atomic E-state index is -0.365. The molecular weight excluding hydrogens is 274 g/mol. The summed E-state index contributed by atoms with van der Waals surface area (Å²) in [7, 11) is 3.59. The Labute approximate surface area is 139 Å². The minimum absolute atomic E-state index is 0.365. The van der Waals surface area contributed by atoms with Crippen LogP contribution < -0.4 is 0 Å². The third-order valence-electron chi connectivity index (χ3n) is 4.83. The number of ether oxygens (including phenoxy) is 2. The number of rotatable bonds is 16. The van der Waals surface area contributed by atoms with E-state index in [1.165, 1.54) is 44.9 Å². The highest BCUT2D eigenvalue weighted by molar-refractivity contribution is 4.71. The Balaban J connectivity index is 3.94. The normalized spacial score (nSPS) is 12.3. The summed E-state index contributed by atoms with van der Waals surface area (Å²) < 4.78 is 11.5. The molecule has 3 heteroatoms. The molecule has 0 N–H and O–H groups in total. The summed E-state index contributed by atoms with van der Waals surface area (Å²) in [5.41, 5.74) is 0. The number of hydrogen-bond acceptors (Lipinski definition) is 3. The lowest BCUT2D eigenvalue weighted by molar-refractivity contribution is -0.216. The molecule has 0 aliphatic rings. The molecule has 0 heterocycles. The van der Waals surface area contributed by atoms with Gasteiger partial charge in [-0.15, -0.1) is 0 Å². The second kappa shape index (κ2) is 14.5. The quantitative estimate of drug-likeness (QED) is 0.287. The fourth-order valence-corrected chi connectivity index (χ4v) is 3.08. The Morgan fingerprint density at radius 3 is 1.68 bits per heavy atom. The van der Waals surface area contributed by atoms with Crippen LogP contribution >= 0.6 is 0 Å². The maximum atomic E-state index is 5.74. The maximum absolute atomic E-state index is 5.74. The van der Waals surface area contributed by atoms with Gasteiger partial charge < -0.3 is 14.4 Å². The molecule has 0 amide bonds. The van der Waals surface area contributed by atoms with Gasteiger partial charge in [0, 0.05) is 27.1 Å². The second-order valence-corrected chi connectivity index (χ2v) is 6.32. The van der Waals surface area contributed by atoms with Gasteiger partial charge in [0.25, 0.3) is 0 Å². The Bertz CT molecular complexity index is 225. The predicted octanol–water partition coefficient (Wildman–Crippen LogP) is 5.24. The molecule has 0 radical (unpaired) electrons. The molecule has 3 nitrogen and oxygen atoms in total. The van der Waals surface area contributed by atoms with Crippen LogP contribution in [-0.4, -0.2) is 44.5 Å². The van der Waals surface area contributed by atoms with Gasteiger partial charge in [-0.05, 0) is 32.5 Å². The summed E-state index contributed by atoms with van der Waals surface area (Å²) in [5, 5.41) is 0. The van der Waals surface area contributed by atoms with Crippen LogP contribution in [0.3, 0.4) is 0 Å². The first-order chi connectivity index (χ1) is 10.7. The van der Waals surface area contributed by atoms with Gasteiger partial charge in [-0.1, -0.05) is 59.3 Å². The van der Waals surface area contributed by atoms with Gasteiger partial charge in [-0.3, -0.25) is 0 Å². The van der Waals surface area contributed by atoms with Crippen molar-refractivity contribution < 1.29 is 9.47 Å². The van der Waals surface area contributed by atoms with E-state index in [1.807, 2.05) is 0 Å². The number of unbranched alkanes of at least 4 members (excludes halogenated alkanes) is 6. The zero-order valence-electron chi connectivity index (χ0n) is 16.0. The fourth-order valence-electron chi connectivity index (χ4n) is 3.08. The van der Waals surface area contributed by atoms with Crippen molar-refractivity contribution in [2.45, 2.75) is 90.8 Å². The van der Waals surface area contributed by atoms with Gasteiger partial charge in [0.15, 0.2) is 5.79 Å². The number of hydrogen-bond donors (Lipinski definition) is 0. The van der Waals surface area contributed by atoms with E-state index in [9.17, 15) is 0 Å². The molecule has 0 aromatic carbocycles. The van der Waals surface area contributed by atoms with Gasteiger partial charge in [0.05, 0.1) is 0 Å². The highest BCUT2D eigenvalue weighted by Crippen LogP contribution is 2.26. The summed E-state index contributed by atoms with van der Waals surface area (Å²) in [5.74, 6) is -0.365. The van der Waals surface area contributed by atoms with E-state index in [0.717, 1.165) is 38.9 Å². The Hall–Kier alpha value is -0.120. The van der Waals surface area contributed by atoms with Crippen molar-refractivity contribution in [2.75, 3.05) is 33.9 Å². The first-order valence-electron chi connectivity index (χ1n) is 9.50. The predicted molar refractivity (Wildman–Crippen MR) is 96.4 cm³/mol. The maximum Gasteiger partial charge on any atom is 0.167 e. The van der Waals surface area contributed by atoms with Crippen molar-refractivity contribution in [3.05, 3.63) is 0 Å². The summed E-state index contributed by atoms with van der Waals surface area (Å²) in [4.78, 5) is 2.46. The molecule has 0 spiro atoms. The van der Waals surface area contributed by atoms with Gasteiger partial charge in [-0.25, -0.2) is 0 Å². The van der Waals surface area contributed by atoms with E-state index in [-0.39, 0.29) is 5.79 Å². The third-order valence-corrected chi connectivity index (χ3v) is 4.83. The Morgan fingerprint density at radius 2 is 1.18 bits per heavy atom. The summed E-state index contributed by atoms with van der Waals surface area (Å²) in [6, 6.07) is 0. The van der Waals surface area contributed by atoms with Crippen molar-refractivity contribution in [1.29, 1.82) is 0 Å². The molecule has 0 unspecified atom stereocenters. The summed E-state index contributed by atoms with van der Waals surface area (Å²) in [6.07, 6.45) is 12.5. The van der Waals surface area contributed by atoms with Crippen molar-refractivity contribution in [3.8, 4) is 0 Å². The van der Waals surface area contributed by atoms with Crippen LogP contribution in [0.25, 0.3) is 0 Å². The van der Waals surface area contributed by atoms with Crippen molar-refractivity contribution in [2.24, 2.45) is 0 Å². The van der Waals surface area contributed by atoms with Gasteiger partial charge >= 0.3 is 0 Å². The topological polar surface area (TPSA) is 21.7 Å². The molecule has 0 fully saturated rings. The number of methoxy groups -OCH3 is 2. The molecule has 134 valence electrons. The van der Waals surface area contributed by atoms with Gasteiger partial charge in [-0.2, -0.15) is 0 Å². The average Bonchev–Trinajstić information content (AvgIpc) is 2.56. The monoisotopic (exact) mass is 315 g/mol. The molecule has 0 aromatic rings. The lowest BCUT2D eigenvalue weighted by Gasteiger charge is -2.32. The van der Waals surface area contributed by atoms with Crippen LogP contribution in [0.2, 0.25) is 0 Å². The van der Waals surface area contributed by atoms with Gasteiger partial charge in [0.1, 0.15) is 0 Å². The van der Waals surface area contributed by atoms with E-state index in [2.05, 4.69) is 25.7 Å². The summed E-state index contributed by atoms with van der Waals surface area (Å²) >= 11 is 0. The van der Waals surface area contributed by atoms with Crippen LogP contribution in [0.5, 0.6) is 0 Å². The highest BCUT2D eigenvalue weighted by atomic mass is 16.7. The second-order valence-electron chi connectivity index (χ2n) is 6.32. The lowest BCUT2D eigenvalue weighted by atomic mass is 10.0. The first-order valence-corrected chi connectivity index (χ1v) is 9.50. The summed E-state index contributed by atoms with van der Waals surface area (Å²) in [6.45, 7) is 10.1. The molecule has 0 aromatic heterocycles. The molecule has 0 bridgehead atoms. The fraction of sp³-hybridized carbons (Fsp3) is 1.00. The minimum Gasteiger partial charge on any atom is -0.353 e. The largest absolute Gasteiger partial charge is 0.353 e. The van der Waals surface area contributed by atoms with Gasteiger partial charge in [0.2, 0.25) is 0 Å². The van der Waals surface area contributed by atoms with E-state index < -0.39 is 0 Å². The van der Waals surface area contributed by atoms with E-state index in [1.54, 1.807) is 14.2 Å². The van der Waals surface area contributed by atoms with Crippen molar-refractivity contribution in [3.63, 3.8) is 0 Å². The highest BCUT2D eigenvalue weighted by Gasteiger charge is 2.28.